The highest BCUT2D eigenvalue weighted by Gasteiger charge is 2.20. The lowest BCUT2D eigenvalue weighted by Crippen LogP contribution is -2.20. The second kappa shape index (κ2) is 10.2. The van der Waals surface area contributed by atoms with Crippen molar-refractivity contribution in [1.82, 2.24) is 15.0 Å². The number of nitrogens with zero attached hydrogens (tertiary/aromatic N) is 3. The monoisotopic (exact) mass is 469 g/mol. The van der Waals surface area contributed by atoms with Crippen LogP contribution in [-0.2, 0) is 18.3 Å². The summed E-state index contributed by atoms with van der Waals surface area (Å²) in [5.74, 6) is 2.47. The molecule has 3 nitrogen and oxygen atoms in total. The molecule has 5 rings (SSSR count). The van der Waals surface area contributed by atoms with Crippen LogP contribution in [0.5, 0.6) is 0 Å². The fourth-order valence-electron chi connectivity index (χ4n) is 4.22. The fraction of sp³-hybridized carbons (Fsp3) is 0.182. The molecule has 0 saturated heterocycles. The summed E-state index contributed by atoms with van der Waals surface area (Å²) in [6.07, 6.45) is 1.36. The predicted octanol–water partition coefficient (Wildman–Crippen LogP) is 7.68. The lowest BCUT2D eigenvalue weighted by molar-refractivity contribution is 0.531. The van der Waals surface area contributed by atoms with Crippen LogP contribution >= 0.6 is 0 Å². The maximum atomic E-state index is 4.88. The third kappa shape index (κ3) is 5.75. The number of hydrogen-bond donors (Lipinski definition) is 0. The number of aromatic nitrogens is 3. The molecule has 0 atom stereocenters. The maximum absolute atomic E-state index is 4.88. The molecule has 3 heteroatoms. The van der Waals surface area contributed by atoms with Gasteiger partial charge in [0.25, 0.3) is 0 Å². The van der Waals surface area contributed by atoms with Crippen molar-refractivity contribution in [2.24, 2.45) is 0 Å². The average molecular weight is 470 g/mol. The molecule has 0 saturated carbocycles. The Kier molecular flexibility index (Phi) is 6.73. The van der Waals surface area contributed by atoms with E-state index in [-0.39, 0.29) is 5.41 Å². The van der Waals surface area contributed by atoms with Crippen molar-refractivity contribution in [2.75, 3.05) is 0 Å². The Bertz CT molecular complexity index is 1310. The minimum absolute atomic E-state index is 0.152. The summed E-state index contributed by atoms with van der Waals surface area (Å²) in [4.78, 5) is 14.6. The summed E-state index contributed by atoms with van der Waals surface area (Å²) in [6.45, 7) is 6.46. The van der Waals surface area contributed by atoms with Crippen LogP contribution in [0.2, 0.25) is 0 Å². The minimum Gasteiger partial charge on any atom is -0.217 e. The van der Waals surface area contributed by atoms with Crippen LogP contribution in [0.4, 0.5) is 0 Å². The zero-order valence-corrected chi connectivity index (χ0v) is 21.1. The van der Waals surface area contributed by atoms with Crippen molar-refractivity contribution in [1.29, 1.82) is 0 Å². The largest absolute Gasteiger partial charge is 0.217 e. The van der Waals surface area contributed by atoms with Crippen molar-refractivity contribution in [3.63, 3.8) is 0 Å². The highest BCUT2D eigenvalue weighted by Crippen LogP contribution is 2.23. The highest BCUT2D eigenvalue weighted by molar-refractivity contribution is 5.64. The summed E-state index contributed by atoms with van der Waals surface area (Å²) >= 11 is 0. The van der Waals surface area contributed by atoms with Gasteiger partial charge in [-0.25, -0.2) is 15.0 Å². The van der Waals surface area contributed by atoms with Crippen LogP contribution in [0.25, 0.3) is 22.3 Å². The molecule has 0 amide bonds. The summed E-state index contributed by atoms with van der Waals surface area (Å²) in [7, 11) is 0. The minimum atomic E-state index is -0.152. The SMILES string of the molecule is CC(C)(C)c1nc(Cc2ccc(-c3ccccc3)cc2)nc(Cc2ccc(-c3ccccc3)cc2)n1. The van der Waals surface area contributed by atoms with Gasteiger partial charge in [0.15, 0.2) is 0 Å². The van der Waals surface area contributed by atoms with Crippen LogP contribution in [0.1, 0.15) is 49.4 Å². The van der Waals surface area contributed by atoms with Gasteiger partial charge in [0.1, 0.15) is 17.5 Å². The van der Waals surface area contributed by atoms with Crippen LogP contribution in [-0.4, -0.2) is 15.0 Å². The third-order valence-corrected chi connectivity index (χ3v) is 6.25. The van der Waals surface area contributed by atoms with Gasteiger partial charge < -0.3 is 0 Å². The summed E-state index contributed by atoms with van der Waals surface area (Å²) in [5, 5.41) is 0. The van der Waals surface area contributed by atoms with Gasteiger partial charge in [0, 0.05) is 18.3 Å². The molecule has 0 N–H and O–H groups in total. The topological polar surface area (TPSA) is 38.7 Å². The second-order valence-corrected chi connectivity index (χ2v) is 10.2. The van der Waals surface area contributed by atoms with Crippen molar-refractivity contribution < 1.29 is 0 Å². The fourth-order valence-corrected chi connectivity index (χ4v) is 4.22. The van der Waals surface area contributed by atoms with Crippen LogP contribution in [0.3, 0.4) is 0 Å². The average Bonchev–Trinajstić information content (AvgIpc) is 2.90. The Labute approximate surface area is 214 Å². The van der Waals surface area contributed by atoms with Crippen molar-refractivity contribution in [3.05, 3.63) is 138 Å². The normalized spacial score (nSPS) is 11.4. The van der Waals surface area contributed by atoms with Gasteiger partial charge in [-0.05, 0) is 33.4 Å². The molecule has 178 valence electrons. The first-order chi connectivity index (χ1) is 17.4. The lowest BCUT2D eigenvalue weighted by Gasteiger charge is -2.18. The quantitative estimate of drug-likeness (QED) is 0.256. The molecule has 0 radical (unpaired) electrons. The Hall–Kier alpha value is -4.11. The van der Waals surface area contributed by atoms with E-state index < -0.39 is 0 Å². The summed E-state index contributed by atoms with van der Waals surface area (Å²) in [6, 6.07) is 38.3. The van der Waals surface area contributed by atoms with E-state index in [1.807, 2.05) is 12.1 Å². The van der Waals surface area contributed by atoms with Crippen LogP contribution in [0.15, 0.2) is 109 Å². The predicted molar refractivity (Wildman–Crippen MR) is 148 cm³/mol. The number of benzene rings is 4. The van der Waals surface area contributed by atoms with Crippen molar-refractivity contribution in [2.45, 2.75) is 39.0 Å². The zero-order valence-electron chi connectivity index (χ0n) is 21.1. The maximum Gasteiger partial charge on any atom is 0.137 e. The van der Waals surface area contributed by atoms with E-state index in [1.54, 1.807) is 0 Å². The van der Waals surface area contributed by atoms with E-state index >= 15 is 0 Å². The lowest BCUT2D eigenvalue weighted by atomic mass is 9.95. The second-order valence-electron chi connectivity index (χ2n) is 10.2. The first-order valence-corrected chi connectivity index (χ1v) is 12.5. The van der Waals surface area contributed by atoms with Gasteiger partial charge in [-0.3, -0.25) is 0 Å². The molecule has 0 spiro atoms. The number of rotatable bonds is 6. The molecule has 5 aromatic rings. The molecule has 1 heterocycles. The molecule has 0 aliphatic heterocycles. The summed E-state index contributed by atoms with van der Waals surface area (Å²) in [5.41, 5.74) is 7.10. The van der Waals surface area contributed by atoms with Crippen molar-refractivity contribution in [3.8, 4) is 22.3 Å². The Morgan fingerprint density at radius 1 is 0.444 bits per heavy atom. The van der Waals surface area contributed by atoms with Gasteiger partial charge in [0.05, 0.1) is 0 Å². The summed E-state index contributed by atoms with van der Waals surface area (Å²) < 4.78 is 0. The molecule has 0 bridgehead atoms. The smallest absolute Gasteiger partial charge is 0.137 e. The van der Waals surface area contributed by atoms with Crippen molar-refractivity contribution >= 4 is 0 Å². The Morgan fingerprint density at radius 3 is 1.17 bits per heavy atom. The molecular formula is C33H31N3. The first-order valence-electron chi connectivity index (χ1n) is 12.5. The highest BCUT2D eigenvalue weighted by atomic mass is 15.0. The standard InChI is InChI=1S/C33H31N3/c1-33(2,3)32-35-30(22-24-14-18-28(19-15-24)26-10-6-4-7-11-26)34-31(36-32)23-25-16-20-29(21-17-25)27-12-8-5-9-13-27/h4-21H,22-23H2,1-3H3. The molecule has 0 fully saturated rings. The van der Waals surface area contributed by atoms with Gasteiger partial charge in [-0.15, -0.1) is 0 Å². The number of hydrogen-bond acceptors (Lipinski definition) is 3. The zero-order chi connectivity index (χ0) is 25.0. The molecule has 0 aliphatic carbocycles. The molecule has 4 aromatic carbocycles. The van der Waals surface area contributed by atoms with Crippen LogP contribution in [0, 0.1) is 0 Å². The molecule has 36 heavy (non-hydrogen) atoms. The first kappa shape index (κ1) is 23.6. The van der Waals surface area contributed by atoms with Gasteiger partial charge in [-0.2, -0.15) is 0 Å². The van der Waals surface area contributed by atoms with Gasteiger partial charge in [-0.1, -0.05) is 130 Å². The van der Waals surface area contributed by atoms with Gasteiger partial charge in [0.2, 0.25) is 0 Å². The Morgan fingerprint density at radius 2 is 0.806 bits per heavy atom. The van der Waals surface area contributed by atoms with E-state index in [1.165, 1.54) is 33.4 Å². The molecule has 0 unspecified atom stereocenters. The molecule has 1 aromatic heterocycles. The molecule has 0 aliphatic rings. The van der Waals surface area contributed by atoms with Crippen LogP contribution < -0.4 is 0 Å². The van der Waals surface area contributed by atoms with E-state index in [2.05, 4.69) is 118 Å². The van der Waals surface area contributed by atoms with E-state index in [0.29, 0.717) is 12.8 Å². The van der Waals surface area contributed by atoms with Gasteiger partial charge >= 0.3 is 0 Å². The third-order valence-electron chi connectivity index (χ3n) is 6.25. The van der Waals surface area contributed by atoms with E-state index in [0.717, 1.165) is 17.5 Å². The Balaban J connectivity index is 1.38. The van der Waals surface area contributed by atoms with E-state index in [4.69, 9.17) is 15.0 Å². The molecular weight excluding hydrogens is 438 g/mol. The van der Waals surface area contributed by atoms with E-state index in [9.17, 15) is 0 Å².